The second-order valence-corrected chi connectivity index (χ2v) is 7.62. The molecule has 0 spiro atoms. The lowest BCUT2D eigenvalue weighted by Gasteiger charge is -2.31. The van der Waals surface area contributed by atoms with E-state index in [0.717, 1.165) is 38.1 Å². The topological polar surface area (TPSA) is 46.3 Å². The summed E-state index contributed by atoms with van der Waals surface area (Å²) < 4.78 is 0.283. The molecule has 1 atom stereocenters. The van der Waals surface area contributed by atoms with Crippen LogP contribution in [0.25, 0.3) is 0 Å². The predicted molar refractivity (Wildman–Crippen MR) is 75.2 cm³/mol. The van der Waals surface area contributed by atoms with Crippen LogP contribution < -0.4 is 5.73 Å². The van der Waals surface area contributed by atoms with Crippen LogP contribution in [-0.2, 0) is 4.79 Å². The van der Waals surface area contributed by atoms with Crippen LogP contribution in [0.3, 0.4) is 0 Å². The Kier molecular flexibility index (Phi) is 4.90. The van der Waals surface area contributed by atoms with Crippen molar-refractivity contribution in [3.05, 3.63) is 0 Å². The number of carbonyl (C=O) groups excluding carboxylic acids is 1. The van der Waals surface area contributed by atoms with E-state index >= 15 is 0 Å². The van der Waals surface area contributed by atoms with Gasteiger partial charge in [0, 0.05) is 23.6 Å². The number of nitrogens with zero attached hydrogens (tertiary/aromatic N) is 1. The van der Waals surface area contributed by atoms with Crippen LogP contribution in [0, 0.1) is 0 Å². The van der Waals surface area contributed by atoms with E-state index in [1.807, 2.05) is 23.6 Å². The maximum Gasteiger partial charge on any atom is 0.242 e. The Morgan fingerprint density at radius 3 is 2.71 bits per heavy atom. The van der Waals surface area contributed by atoms with E-state index in [9.17, 15) is 4.79 Å². The lowest BCUT2D eigenvalue weighted by Crippen LogP contribution is -2.53. The van der Waals surface area contributed by atoms with Crippen molar-refractivity contribution < 1.29 is 4.79 Å². The van der Waals surface area contributed by atoms with Crippen molar-refractivity contribution in [3.63, 3.8) is 0 Å². The number of hydrogen-bond donors (Lipinski definition) is 1. The van der Waals surface area contributed by atoms with Gasteiger partial charge in [0.25, 0.3) is 0 Å². The summed E-state index contributed by atoms with van der Waals surface area (Å²) in [5.41, 5.74) is 5.44. The summed E-state index contributed by atoms with van der Waals surface area (Å²) in [6.45, 7) is 10.1. The number of amides is 1. The molecular formula is C13H26N2OS. The van der Waals surface area contributed by atoms with Crippen LogP contribution in [0.4, 0.5) is 0 Å². The Bertz CT molecular complexity index is 277. The van der Waals surface area contributed by atoms with Gasteiger partial charge in [-0.15, -0.1) is 0 Å². The van der Waals surface area contributed by atoms with Crippen molar-refractivity contribution in [1.29, 1.82) is 0 Å². The van der Waals surface area contributed by atoms with Gasteiger partial charge in [-0.05, 0) is 19.8 Å². The third kappa shape index (κ3) is 4.18. The molecule has 1 amide bonds. The van der Waals surface area contributed by atoms with E-state index in [2.05, 4.69) is 20.8 Å². The zero-order chi connectivity index (χ0) is 13.1. The molecule has 0 aromatic rings. The van der Waals surface area contributed by atoms with Crippen molar-refractivity contribution in [1.82, 2.24) is 4.90 Å². The highest BCUT2D eigenvalue weighted by Gasteiger charge is 2.34. The zero-order valence-corrected chi connectivity index (χ0v) is 12.4. The van der Waals surface area contributed by atoms with Crippen LogP contribution in [0.1, 0.15) is 47.0 Å². The van der Waals surface area contributed by atoms with Gasteiger partial charge in [-0.2, -0.15) is 11.8 Å². The molecule has 4 heteroatoms. The number of thioether (sulfide) groups is 1. The highest BCUT2D eigenvalue weighted by atomic mass is 32.2. The first-order chi connectivity index (χ1) is 7.78. The van der Waals surface area contributed by atoms with Gasteiger partial charge >= 0.3 is 0 Å². The predicted octanol–water partition coefficient (Wildman–Crippen LogP) is 2.25. The first-order valence-corrected chi connectivity index (χ1v) is 7.49. The molecule has 17 heavy (non-hydrogen) atoms. The average Bonchev–Trinajstić information content (AvgIpc) is 2.38. The van der Waals surface area contributed by atoms with E-state index in [1.165, 1.54) is 0 Å². The normalized spacial score (nSPS) is 23.9. The second-order valence-electron chi connectivity index (χ2n) is 5.82. The number of rotatable bonds is 3. The molecular weight excluding hydrogens is 232 g/mol. The summed E-state index contributed by atoms with van der Waals surface area (Å²) in [5.74, 6) is 1.14. The minimum Gasteiger partial charge on any atom is -0.340 e. The molecule has 0 saturated carbocycles. The van der Waals surface area contributed by atoms with Gasteiger partial charge in [0.2, 0.25) is 5.91 Å². The molecule has 1 heterocycles. The fourth-order valence-electron chi connectivity index (χ4n) is 2.21. The molecule has 0 aliphatic carbocycles. The molecule has 2 N–H and O–H groups in total. The van der Waals surface area contributed by atoms with Crippen molar-refractivity contribution in [2.75, 3.05) is 18.8 Å². The van der Waals surface area contributed by atoms with Gasteiger partial charge in [-0.3, -0.25) is 4.79 Å². The van der Waals surface area contributed by atoms with Crippen LogP contribution in [0.15, 0.2) is 0 Å². The van der Waals surface area contributed by atoms with Crippen molar-refractivity contribution in [2.24, 2.45) is 5.73 Å². The van der Waals surface area contributed by atoms with Crippen molar-refractivity contribution >= 4 is 17.7 Å². The average molecular weight is 258 g/mol. The molecule has 0 aromatic carbocycles. The fourth-order valence-corrected chi connectivity index (χ4v) is 3.31. The SMILES string of the molecule is CCCC(C)(N)C(=O)N1CCSC(C)(C)CC1. The monoisotopic (exact) mass is 258 g/mol. The molecule has 1 fully saturated rings. The molecule has 1 aliphatic rings. The maximum atomic E-state index is 12.4. The Morgan fingerprint density at radius 2 is 2.12 bits per heavy atom. The quantitative estimate of drug-likeness (QED) is 0.844. The van der Waals surface area contributed by atoms with Crippen LogP contribution in [0.2, 0.25) is 0 Å². The highest BCUT2D eigenvalue weighted by Crippen LogP contribution is 2.31. The standard InChI is InChI=1S/C13H26N2OS/c1-5-6-13(4,14)11(16)15-8-7-12(2,3)17-10-9-15/h5-10,14H2,1-4H3. The summed E-state index contributed by atoms with van der Waals surface area (Å²) >= 11 is 1.95. The maximum absolute atomic E-state index is 12.4. The van der Waals surface area contributed by atoms with E-state index in [-0.39, 0.29) is 10.7 Å². The Balaban J connectivity index is 2.64. The molecule has 1 unspecified atom stereocenters. The van der Waals surface area contributed by atoms with Crippen LogP contribution in [-0.4, -0.2) is 39.9 Å². The molecule has 100 valence electrons. The third-order valence-electron chi connectivity index (χ3n) is 3.38. The first kappa shape index (κ1) is 14.8. The first-order valence-electron chi connectivity index (χ1n) is 6.51. The summed E-state index contributed by atoms with van der Waals surface area (Å²) in [6.07, 6.45) is 2.76. The Labute approximate surface area is 109 Å². The van der Waals surface area contributed by atoms with Gasteiger partial charge in [0.1, 0.15) is 0 Å². The van der Waals surface area contributed by atoms with E-state index in [1.54, 1.807) is 0 Å². The van der Waals surface area contributed by atoms with Crippen LogP contribution in [0.5, 0.6) is 0 Å². The third-order valence-corrected chi connectivity index (χ3v) is 4.76. The number of carbonyl (C=O) groups is 1. The molecule has 0 radical (unpaired) electrons. The van der Waals surface area contributed by atoms with E-state index in [0.29, 0.717) is 0 Å². The van der Waals surface area contributed by atoms with Gasteiger partial charge in [0.05, 0.1) is 5.54 Å². The molecule has 1 aliphatic heterocycles. The number of hydrogen-bond acceptors (Lipinski definition) is 3. The second kappa shape index (κ2) is 5.61. The molecule has 1 rings (SSSR count). The molecule has 0 bridgehead atoms. The van der Waals surface area contributed by atoms with E-state index < -0.39 is 5.54 Å². The molecule has 1 saturated heterocycles. The van der Waals surface area contributed by atoms with Crippen molar-refractivity contribution in [2.45, 2.75) is 57.2 Å². The summed E-state index contributed by atoms with van der Waals surface area (Å²) in [6, 6.07) is 0. The molecule has 0 aromatic heterocycles. The van der Waals surface area contributed by atoms with Gasteiger partial charge in [-0.25, -0.2) is 0 Å². The molecule has 3 nitrogen and oxygen atoms in total. The largest absolute Gasteiger partial charge is 0.340 e. The van der Waals surface area contributed by atoms with Gasteiger partial charge in [0.15, 0.2) is 0 Å². The summed E-state index contributed by atoms with van der Waals surface area (Å²) in [7, 11) is 0. The number of nitrogens with two attached hydrogens (primary N) is 1. The summed E-state index contributed by atoms with van der Waals surface area (Å²) in [4.78, 5) is 14.3. The summed E-state index contributed by atoms with van der Waals surface area (Å²) in [5, 5.41) is 0. The van der Waals surface area contributed by atoms with E-state index in [4.69, 9.17) is 5.73 Å². The minimum atomic E-state index is -0.687. The minimum absolute atomic E-state index is 0.123. The van der Waals surface area contributed by atoms with Gasteiger partial charge < -0.3 is 10.6 Å². The lowest BCUT2D eigenvalue weighted by molar-refractivity contribution is -0.136. The lowest BCUT2D eigenvalue weighted by atomic mass is 9.95. The smallest absolute Gasteiger partial charge is 0.242 e. The van der Waals surface area contributed by atoms with Crippen molar-refractivity contribution in [3.8, 4) is 0 Å². The van der Waals surface area contributed by atoms with Crippen LogP contribution >= 0.6 is 11.8 Å². The highest BCUT2D eigenvalue weighted by molar-refractivity contribution is 8.00. The van der Waals surface area contributed by atoms with Gasteiger partial charge in [-0.1, -0.05) is 27.2 Å². The Morgan fingerprint density at radius 1 is 1.47 bits per heavy atom. The zero-order valence-electron chi connectivity index (χ0n) is 11.6. The Hall–Kier alpha value is -0.220. The fraction of sp³-hybridized carbons (Fsp3) is 0.923.